The first-order chi connectivity index (χ1) is 17.0. The monoisotopic (exact) mass is 475 g/mol. The topological polar surface area (TPSA) is 32.5 Å². The minimum atomic E-state index is -0.950. The van der Waals surface area contributed by atoms with Crippen LogP contribution in [0.3, 0.4) is 0 Å². The van der Waals surface area contributed by atoms with E-state index >= 15 is 8.78 Å². The lowest BCUT2D eigenvalue weighted by molar-refractivity contribution is 0.252. The zero-order valence-corrected chi connectivity index (χ0v) is 20.4. The first kappa shape index (κ1) is 23.5. The maximum Gasteiger partial charge on any atom is 0.230 e. The number of hydrogen-bond acceptors (Lipinski definition) is 4. The summed E-state index contributed by atoms with van der Waals surface area (Å²) in [6.45, 7) is 9.42. The van der Waals surface area contributed by atoms with Crippen molar-refractivity contribution in [2.24, 2.45) is 0 Å². The van der Waals surface area contributed by atoms with Gasteiger partial charge < -0.3 is 9.32 Å². The second kappa shape index (κ2) is 10.2. The van der Waals surface area contributed by atoms with Crippen LogP contribution in [0.25, 0.3) is 33.7 Å². The van der Waals surface area contributed by atoms with Gasteiger partial charge in [-0.2, -0.15) is 0 Å². The molecule has 1 saturated heterocycles. The van der Waals surface area contributed by atoms with Gasteiger partial charge in [0.15, 0.2) is 17.2 Å². The highest BCUT2D eigenvalue weighted by Gasteiger charge is 2.21. The van der Waals surface area contributed by atoms with Crippen LogP contribution in [0.2, 0.25) is 0 Å². The molecule has 4 aromatic rings. The number of anilines is 1. The van der Waals surface area contributed by atoms with Crippen molar-refractivity contribution in [2.75, 3.05) is 37.6 Å². The van der Waals surface area contributed by atoms with Gasteiger partial charge >= 0.3 is 0 Å². The van der Waals surface area contributed by atoms with Crippen LogP contribution < -0.4 is 4.90 Å². The number of nitrogens with zero attached hydrogens (tertiary/aromatic N) is 3. The summed E-state index contributed by atoms with van der Waals surface area (Å²) in [4.78, 5) is 9.24. The number of benzene rings is 3. The largest absolute Gasteiger partial charge is 0.436 e. The molecule has 35 heavy (non-hydrogen) atoms. The molecule has 0 radical (unpaired) electrons. The van der Waals surface area contributed by atoms with E-state index < -0.39 is 11.6 Å². The number of piperazine rings is 1. The van der Waals surface area contributed by atoms with E-state index in [1.807, 2.05) is 43.3 Å². The molecular formula is C29H31F2N3O. The Kier molecular flexibility index (Phi) is 6.82. The van der Waals surface area contributed by atoms with Crippen molar-refractivity contribution in [1.82, 2.24) is 9.88 Å². The Morgan fingerprint density at radius 3 is 2.31 bits per heavy atom. The summed E-state index contributed by atoms with van der Waals surface area (Å²) in [6, 6.07) is 16.4. The van der Waals surface area contributed by atoms with Crippen LogP contribution in [-0.2, 0) is 0 Å². The van der Waals surface area contributed by atoms with E-state index in [1.54, 1.807) is 12.1 Å². The Morgan fingerprint density at radius 2 is 1.57 bits per heavy atom. The van der Waals surface area contributed by atoms with Crippen molar-refractivity contribution in [3.63, 3.8) is 0 Å². The van der Waals surface area contributed by atoms with E-state index in [0.717, 1.165) is 37.4 Å². The van der Waals surface area contributed by atoms with Gasteiger partial charge in [0, 0.05) is 37.4 Å². The molecule has 0 bridgehead atoms. The van der Waals surface area contributed by atoms with Gasteiger partial charge in [-0.05, 0) is 61.3 Å². The summed E-state index contributed by atoms with van der Waals surface area (Å²) in [7, 11) is 0. The lowest BCUT2D eigenvalue weighted by Crippen LogP contribution is -2.46. The normalized spacial score (nSPS) is 14.7. The second-order valence-electron chi connectivity index (χ2n) is 9.36. The van der Waals surface area contributed by atoms with Gasteiger partial charge in [-0.15, -0.1) is 0 Å². The second-order valence-corrected chi connectivity index (χ2v) is 9.36. The summed E-state index contributed by atoms with van der Waals surface area (Å²) in [5.41, 5.74) is 4.20. The summed E-state index contributed by atoms with van der Waals surface area (Å²) < 4.78 is 35.9. The highest BCUT2D eigenvalue weighted by atomic mass is 19.2. The molecule has 4 nitrogen and oxygen atoms in total. The quantitative estimate of drug-likeness (QED) is 0.268. The summed E-state index contributed by atoms with van der Waals surface area (Å²) in [5.74, 6) is -1.76. The van der Waals surface area contributed by atoms with E-state index in [2.05, 4.69) is 21.7 Å². The molecule has 1 fully saturated rings. The van der Waals surface area contributed by atoms with Gasteiger partial charge in [-0.1, -0.05) is 44.0 Å². The molecule has 0 N–H and O–H groups in total. The average molecular weight is 476 g/mol. The number of aryl methyl sites for hydroxylation is 1. The third-order valence-electron chi connectivity index (χ3n) is 6.85. The first-order valence-corrected chi connectivity index (χ1v) is 12.5. The Balaban J connectivity index is 1.31. The molecule has 0 amide bonds. The summed E-state index contributed by atoms with van der Waals surface area (Å²) in [6.07, 6.45) is 3.79. The maximum atomic E-state index is 15.1. The van der Waals surface area contributed by atoms with Gasteiger partial charge in [-0.25, -0.2) is 13.8 Å². The number of rotatable bonds is 7. The van der Waals surface area contributed by atoms with Crippen molar-refractivity contribution < 1.29 is 13.2 Å². The van der Waals surface area contributed by atoms with Crippen molar-refractivity contribution in [3.8, 4) is 22.6 Å². The van der Waals surface area contributed by atoms with Crippen molar-refractivity contribution in [1.29, 1.82) is 0 Å². The molecular weight excluding hydrogens is 444 g/mol. The van der Waals surface area contributed by atoms with Crippen LogP contribution in [0.5, 0.6) is 0 Å². The fraction of sp³-hybridized carbons (Fsp3) is 0.345. The van der Waals surface area contributed by atoms with Crippen LogP contribution in [0, 0.1) is 18.6 Å². The third kappa shape index (κ3) is 4.94. The zero-order chi connectivity index (χ0) is 24.4. The number of fused-ring (bicyclic) bond motifs is 1. The molecule has 1 aliphatic rings. The fourth-order valence-electron chi connectivity index (χ4n) is 4.76. The van der Waals surface area contributed by atoms with E-state index in [1.165, 1.54) is 31.9 Å². The molecule has 0 unspecified atom stereocenters. The average Bonchev–Trinajstić information content (AvgIpc) is 3.29. The van der Waals surface area contributed by atoms with Crippen molar-refractivity contribution >= 4 is 16.8 Å². The molecule has 0 spiro atoms. The molecule has 5 rings (SSSR count). The summed E-state index contributed by atoms with van der Waals surface area (Å²) in [5, 5.41) is 0. The molecule has 6 heteroatoms. The molecule has 182 valence electrons. The Bertz CT molecular complexity index is 1310. The van der Waals surface area contributed by atoms with Crippen LogP contribution >= 0.6 is 0 Å². The molecule has 1 aromatic heterocycles. The van der Waals surface area contributed by atoms with Crippen LogP contribution in [0.1, 0.15) is 31.7 Å². The molecule has 0 atom stereocenters. The van der Waals surface area contributed by atoms with Gasteiger partial charge in [0.05, 0.1) is 5.56 Å². The maximum absolute atomic E-state index is 15.1. The van der Waals surface area contributed by atoms with E-state index in [4.69, 9.17) is 4.42 Å². The van der Waals surface area contributed by atoms with Crippen molar-refractivity contribution in [3.05, 3.63) is 71.8 Å². The first-order valence-electron chi connectivity index (χ1n) is 12.5. The Labute approximate surface area is 205 Å². The van der Waals surface area contributed by atoms with Gasteiger partial charge in [0.1, 0.15) is 5.52 Å². The smallest absolute Gasteiger partial charge is 0.230 e. The number of halogens is 2. The van der Waals surface area contributed by atoms with Gasteiger partial charge in [-0.3, -0.25) is 4.90 Å². The number of oxazole rings is 1. The van der Waals surface area contributed by atoms with Gasteiger partial charge in [0.2, 0.25) is 5.89 Å². The Morgan fingerprint density at radius 1 is 0.857 bits per heavy atom. The number of hydrogen-bond donors (Lipinski definition) is 0. The lowest BCUT2D eigenvalue weighted by Gasteiger charge is -2.36. The zero-order valence-electron chi connectivity index (χ0n) is 20.4. The highest BCUT2D eigenvalue weighted by molar-refractivity contribution is 5.78. The minimum Gasteiger partial charge on any atom is -0.436 e. The van der Waals surface area contributed by atoms with Crippen LogP contribution in [-0.4, -0.2) is 42.6 Å². The van der Waals surface area contributed by atoms with Crippen LogP contribution in [0.4, 0.5) is 14.5 Å². The predicted molar refractivity (Wildman–Crippen MR) is 138 cm³/mol. The molecule has 3 aromatic carbocycles. The SMILES string of the molecule is CCCCCN1CCN(c2ccc(-c3ccc(-c4nc5cc(C)ccc5o4)c(F)c3F)cc2)CC1. The predicted octanol–water partition coefficient (Wildman–Crippen LogP) is 7.06. The molecule has 2 heterocycles. The van der Waals surface area contributed by atoms with E-state index in [-0.39, 0.29) is 17.0 Å². The lowest BCUT2D eigenvalue weighted by atomic mass is 10.0. The number of unbranched alkanes of at least 4 members (excludes halogenated alkanes) is 2. The van der Waals surface area contributed by atoms with E-state index in [9.17, 15) is 0 Å². The van der Waals surface area contributed by atoms with Crippen molar-refractivity contribution in [2.45, 2.75) is 33.1 Å². The highest BCUT2D eigenvalue weighted by Crippen LogP contribution is 2.33. The molecule has 0 saturated carbocycles. The molecule has 0 aliphatic carbocycles. The van der Waals surface area contributed by atoms with E-state index in [0.29, 0.717) is 16.7 Å². The number of aromatic nitrogens is 1. The fourth-order valence-corrected chi connectivity index (χ4v) is 4.76. The third-order valence-corrected chi connectivity index (χ3v) is 6.85. The molecule has 1 aliphatic heterocycles. The van der Waals surface area contributed by atoms with Gasteiger partial charge in [0.25, 0.3) is 0 Å². The Hall–Kier alpha value is -3.25. The summed E-state index contributed by atoms with van der Waals surface area (Å²) >= 11 is 0. The standard InChI is InChI=1S/C29H31F2N3O/c1-3-4-5-14-33-15-17-34(18-16-33)22-9-7-21(8-10-22)23-11-12-24(28(31)27(23)30)29-32-25-19-20(2)6-13-26(25)35-29/h6-13,19H,3-5,14-18H2,1-2H3. The van der Waals surface area contributed by atoms with Crippen LogP contribution in [0.15, 0.2) is 59.0 Å². The minimum absolute atomic E-state index is 0.0218.